The molecule has 2 aliphatic rings. The minimum atomic E-state index is -0.0761. The van der Waals surface area contributed by atoms with Crippen molar-refractivity contribution in [1.29, 1.82) is 0 Å². The van der Waals surface area contributed by atoms with E-state index in [-0.39, 0.29) is 17.6 Å². The summed E-state index contributed by atoms with van der Waals surface area (Å²) in [6.45, 7) is 1.80. The Hall–Kier alpha value is -2.57. The number of aryl methyl sites for hydroxylation is 2. The molecule has 1 aliphatic carbocycles. The van der Waals surface area contributed by atoms with Gasteiger partial charge in [-0.05, 0) is 48.9 Å². The molecule has 6 heteroatoms. The third-order valence-corrected chi connectivity index (χ3v) is 5.89. The Morgan fingerprint density at radius 3 is 3.00 bits per heavy atom. The molecular weight excluding hydrogens is 352 g/mol. The Balaban J connectivity index is 1.38. The molecule has 2 atom stereocenters. The predicted molar refractivity (Wildman–Crippen MR) is 107 cm³/mol. The van der Waals surface area contributed by atoms with Gasteiger partial charge in [-0.2, -0.15) is 5.10 Å². The van der Waals surface area contributed by atoms with Crippen LogP contribution in [0.25, 0.3) is 10.9 Å². The zero-order chi connectivity index (χ0) is 18.9. The minimum Gasteiger partial charge on any atom is -0.377 e. The maximum atomic E-state index is 12.7. The topological polar surface area (TPSA) is 69.0 Å². The molecule has 0 spiro atoms. The summed E-state index contributed by atoms with van der Waals surface area (Å²) in [5, 5.41) is 9.47. The summed E-state index contributed by atoms with van der Waals surface area (Å²) in [4.78, 5) is 17.1. The fraction of sp³-hybridized carbons (Fsp3) is 0.409. The Morgan fingerprint density at radius 2 is 2.04 bits per heavy atom. The lowest BCUT2D eigenvalue weighted by molar-refractivity contribution is 0.180. The summed E-state index contributed by atoms with van der Waals surface area (Å²) < 4.78 is 7.38. The quantitative estimate of drug-likeness (QED) is 0.757. The molecule has 1 aliphatic heterocycles. The van der Waals surface area contributed by atoms with Crippen LogP contribution in [0.3, 0.4) is 0 Å². The molecular formula is C22H24N4O2. The van der Waals surface area contributed by atoms with E-state index >= 15 is 0 Å². The van der Waals surface area contributed by atoms with Crippen molar-refractivity contribution in [2.75, 3.05) is 13.2 Å². The van der Waals surface area contributed by atoms with Crippen molar-refractivity contribution in [3.8, 4) is 0 Å². The van der Waals surface area contributed by atoms with Gasteiger partial charge in [0.25, 0.3) is 5.56 Å². The average molecular weight is 376 g/mol. The van der Waals surface area contributed by atoms with Crippen LogP contribution in [0.1, 0.15) is 35.7 Å². The predicted octanol–water partition coefficient (Wildman–Crippen LogP) is 2.40. The number of fused-ring (bicyclic) bond motifs is 2. The Bertz CT molecular complexity index is 1060. The fourth-order valence-corrected chi connectivity index (χ4v) is 4.34. The molecule has 0 bridgehead atoms. The number of aromatic nitrogens is 3. The van der Waals surface area contributed by atoms with E-state index in [1.54, 1.807) is 10.7 Å². The number of hydrogen-bond acceptors (Lipinski definition) is 5. The molecule has 0 radical (unpaired) electrons. The summed E-state index contributed by atoms with van der Waals surface area (Å²) in [5.41, 5.74) is 4.38. The lowest BCUT2D eigenvalue weighted by atomic mass is 9.97. The maximum Gasteiger partial charge on any atom is 0.267 e. The maximum absolute atomic E-state index is 12.7. The second-order valence-electron chi connectivity index (χ2n) is 7.69. The molecule has 6 nitrogen and oxygen atoms in total. The molecule has 3 aromatic rings. The highest BCUT2D eigenvalue weighted by atomic mass is 16.5. The first kappa shape index (κ1) is 17.5. The number of benzene rings is 1. The molecule has 1 N–H and O–H groups in total. The van der Waals surface area contributed by atoms with Crippen molar-refractivity contribution >= 4 is 10.9 Å². The highest BCUT2D eigenvalue weighted by Gasteiger charge is 2.31. The van der Waals surface area contributed by atoms with Crippen molar-refractivity contribution in [2.45, 2.75) is 44.3 Å². The summed E-state index contributed by atoms with van der Waals surface area (Å²) in [7, 11) is 0. The second-order valence-corrected chi connectivity index (χ2v) is 7.69. The van der Waals surface area contributed by atoms with E-state index in [0.717, 1.165) is 47.8 Å². The van der Waals surface area contributed by atoms with Crippen LogP contribution in [0, 0.1) is 0 Å². The van der Waals surface area contributed by atoms with Gasteiger partial charge < -0.3 is 10.1 Å². The Morgan fingerprint density at radius 1 is 1.14 bits per heavy atom. The van der Waals surface area contributed by atoms with Crippen LogP contribution < -0.4 is 10.9 Å². The smallest absolute Gasteiger partial charge is 0.267 e. The van der Waals surface area contributed by atoms with Crippen LogP contribution in [-0.4, -0.2) is 34.0 Å². The molecule has 2 unspecified atom stereocenters. The van der Waals surface area contributed by atoms with Gasteiger partial charge in [-0.25, -0.2) is 4.68 Å². The van der Waals surface area contributed by atoms with Crippen LogP contribution in [0.4, 0.5) is 0 Å². The zero-order valence-corrected chi connectivity index (χ0v) is 15.8. The molecule has 144 valence electrons. The number of nitrogens with zero attached hydrogens (tertiary/aromatic N) is 3. The van der Waals surface area contributed by atoms with Crippen LogP contribution in [-0.2, 0) is 24.1 Å². The van der Waals surface area contributed by atoms with Gasteiger partial charge in [0.05, 0.1) is 36.5 Å². The molecule has 2 aromatic heterocycles. The molecule has 1 aromatic carbocycles. The lowest BCUT2D eigenvalue weighted by Gasteiger charge is -2.23. The van der Waals surface area contributed by atoms with E-state index in [9.17, 15) is 4.79 Å². The van der Waals surface area contributed by atoms with Crippen LogP contribution in [0.5, 0.6) is 0 Å². The molecule has 1 saturated heterocycles. The van der Waals surface area contributed by atoms with Crippen molar-refractivity contribution < 1.29 is 4.74 Å². The molecule has 1 fully saturated rings. The zero-order valence-electron chi connectivity index (χ0n) is 15.8. The first-order chi connectivity index (χ1) is 13.8. The number of rotatable bonds is 4. The van der Waals surface area contributed by atoms with Gasteiger partial charge in [0.1, 0.15) is 0 Å². The van der Waals surface area contributed by atoms with Gasteiger partial charge in [-0.3, -0.25) is 9.78 Å². The summed E-state index contributed by atoms with van der Waals surface area (Å²) in [6, 6.07) is 12.0. The first-order valence-electron chi connectivity index (χ1n) is 10.0. The van der Waals surface area contributed by atoms with E-state index in [1.807, 2.05) is 30.5 Å². The van der Waals surface area contributed by atoms with Crippen LogP contribution >= 0.6 is 0 Å². The number of hydrogen-bond donors (Lipinski definition) is 1. The van der Waals surface area contributed by atoms with Crippen molar-refractivity contribution in [3.63, 3.8) is 0 Å². The first-order valence-corrected chi connectivity index (χ1v) is 10.0. The summed E-state index contributed by atoms with van der Waals surface area (Å²) >= 11 is 0. The van der Waals surface area contributed by atoms with Crippen LogP contribution in [0.15, 0.2) is 47.4 Å². The van der Waals surface area contributed by atoms with Gasteiger partial charge in [-0.1, -0.05) is 18.2 Å². The van der Waals surface area contributed by atoms with E-state index in [1.165, 1.54) is 5.56 Å². The van der Waals surface area contributed by atoms with Crippen molar-refractivity contribution in [1.82, 2.24) is 20.1 Å². The van der Waals surface area contributed by atoms with E-state index in [0.29, 0.717) is 19.8 Å². The van der Waals surface area contributed by atoms with Gasteiger partial charge >= 0.3 is 0 Å². The number of pyridine rings is 1. The Labute approximate surface area is 163 Å². The minimum absolute atomic E-state index is 0.0164. The highest BCUT2D eigenvalue weighted by molar-refractivity contribution is 5.81. The van der Waals surface area contributed by atoms with Crippen LogP contribution in [0.2, 0.25) is 0 Å². The third kappa shape index (κ3) is 3.23. The average Bonchev–Trinajstić information content (AvgIpc) is 3.20. The normalized spacial score (nSPS) is 21.7. The van der Waals surface area contributed by atoms with Gasteiger partial charge in [0.15, 0.2) is 0 Å². The molecule has 0 amide bonds. The third-order valence-electron chi connectivity index (χ3n) is 5.89. The van der Waals surface area contributed by atoms with Gasteiger partial charge in [0, 0.05) is 24.2 Å². The molecule has 28 heavy (non-hydrogen) atoms. The van der Waals surface area contributed by atoms with Crippen molar-refractivity contribution in [2.24, 2.45) is 0 Å². The fourth-order valence-electron chi connectivity index (χ4n) is 4.34. The molecule has 5 rings (SSSR count). The summed E-state index contributed by atoms with van der Waals surface area (Å²) in [5.74, 6) is 0. The lowest BCUT2D eigenvalue weighted by Crippen LogP contribution is -2.41. The van der Waals surface area contributed by atoms with Gasteiger partial charge in [-0.15, -0.1) is 0 Å². The van der Waals surface area contributed by atoms with E-state index in [4.69, 9.17) is 9.84 Å². The monoisotopic (exact) mass is 376 g/mol. The number of ether oxygens (including phenoxy) is 1. The standard InChI is InChI=1S/C22H24N4O2/c27-22-11-15-5-1-3-7-18(15)25-26(22)21-14-28-13-20(21)24-12-16-9-10-23-19-8-4-2-6-17(16)19/h2,4,6,8-11,20-21,24H,1,3,5,7,12-14H2. The number of nitrogens with one attached hydrogen (secondary N) is 1. The summed E-state index contributed by atoms with van der Waals surface area (Å²) in [6.07, 6.45) is 6.07. The Kier molecular flexibility index (Phi) is 4.66. The largest absolute Gasteiger partial charge is 0.377 e. The number of para-hydroxylation sites is 1. The van der Waals surface area contributed by atoms with Gasteiger partial charge in [0.2, 0.25) is 0 Å². The molecule has 3 heterocycles. The van der Waals surface area contributed by atoms with E-state index in [2.05, 4.69) is 16.4 Å². The van der Waals surface area contributed by atoms with Crippen molar-refractivity contribution in [3.05, 3.63) is 69.8 Å². The second kappa shape index (κ2) is 7.45. The highest BCUT2D eigenvalue weighted by Crippen LogP contribution is 2.22. The molecule has 0 saturated carbocycles. The SMILES string of the molecule is O=c1cc2c(nn1C1COCC1NCc1ccnc3ccccc13)CCCC2. The van der Waals surface area contributed by atoms with E-state index < -0.39 is 0 Å².